The summed E-state index contributed by atoms with van der Waals surface area (Å²) in [4.78, 5) is 11.7. The molecule has 0 rings (SSSR count). The molecule has 0 saturated heterocycles. The lowest BCUT2D eigenvalue weighted by Gasteiger charge is -2.16. The summed E-state index contributed by atoms with van der Waals surface area (Å²) in [6.07, 6.45) is 10.3. The van der Waals surface area contributed by atoms with Crippen LogP contribution in [0.5, 0.6) is 0 Å². The summed E-state index contributed by atoms with van der Waals surface area (Å²) in [6, 6.07) is 0. The van der Waals surface area contributed by atoms with Crippen molar-refractivity contribution in [3.63, 3.8) is 0 Å². The van der Waals surface area contributed by atoms with Crippen LogP contribution >= 0.6 is 0 Å². The molecule has 0 radical (unpaired) electrons. The van der Waals surface area contributed by atoms with Gasteiger partial charge in [0.25, 0.3) is 0 Å². The Bertz CT molecular complexity index is 295. The Labute approximate surface area is 125 Å². The highest BCUT2D eigenvalue weighted by molar-refractivity contribution is 5.16. The first-order valence-electron chi connectivity index (χ1n) is 7.75. The largest absolute Gasteiger partial charge is 0.308 e. The van der Waals surface area contributed by atoms with Crippen molar-refractivity contribution >= 4 is 0 Å². The molecule has 3 nitrogen and oxygen atoms in total. The summed E-state index contributed by atoms with van der Waals surface area (Å²) in [5.41, 5.74) is 1.25. The lowest BCUT2D eigenvalue weighted by Crippen LogP contribution is -3.07. The highest BCUT2D eigenvalue weighted by Crippen LogP contribution is 1.99. The molecule has 0 aliphatic carbocycles. The fourth-order valence-electron chi connectivity index (χ4n) is 1.83. The molecule has 2 unspecified atom stereocenters. The second-order valence-corrected chi connectivity index (χ2v) is 4.85. The molecule has 0 aliphatic rings. The minimum atomic E-state index is 0.381. The second kappa shape index (κ2) is 15.8. The zero-order chi connectivity index (χ0) is 15.8. The van der Waals surface area contributed by atoms with E-state index in [4.69, 9.17) is 0 Å². The van der Waals surface area contributed by atoms with E-state index >= 15 is 0 Å². The molecule has 2 atom stereocenters. The number of allylic oxidation sites excluding steroid dienone is 4. The van der Waals surface area contributed by atoms with Gasteiger partial charge in [-0.3, -0.25) is 0 Å². The lowest BCUT2D eigenvalue weighted by atomic mass is 10.1. The molecule has 0 amide bonds. The van der Waals surface area contributed by atoms with Crippen LogP contribution in [0.3, 0.4) is 0 Å². The third-order valence-corrected chi connectivity index (χ3v) is 2.84. The van der Waals surface area contributed by atoms with Crippen molar-refractivity contribution in [3.05, 3.63) is 41.5 Å². The maximum Gasteiger partial charge on any atom is 0.0971 e. The highest BCUT2D eigenvalue weighted by Gasteiger charge is 2.08. The first-order chi connectivity index (χ1) is 9.63. The molecule has 0 spiro atoms. The molecule has 0 saturated carbocycles. The Hall–Kier alpha value is -1.22. The number of quaternary nitrogens is 1. The number of hydrogen-bond donors (Lipinski definition) is 1. The Balaban J connectivity index is 0. The Kier molecular flexibility index (Phi) is 16.7. The number of nitroso groups, excluding NO2 is 1. The summed E-state index contributed by atoms with van der Waals surface area (Å²) in [5, 5.41) is 2.96. The van der Waals surface area contributed by atoms with Crippen LogP contribution in [0.25, 0.3) is 0 Å². The van der Waals surface area contributed by atoms with Crippen molar-refractivity contribution < 1.29 is 4.90 Å². The van der Waals surface area contributed by atoms with Gasteiger partial charge >= 0.3 is 0 Å². The van der Waals surface area contributed by atoms with Crippen LogP contribution in [0.4, 0.5) is 0 Å². The predicted molar refractivity (Wildman–Crippen MR) is 89.9 cm³/mol. The van der Waals surface area contributed by atoms with Gasteiger partial charge in [-0.05, 0) is 19.3 Å². The molecule has 1 N–H and O–H groups in total. The second-order valence-electron chi connectivity index (χ2n) is 4.85. The quantitative estimate of drug-likeness (QED) is 0.480. The SMILES string of the molecule is C=C/C=C\C(C)=C\[NH+](CCC)CCC(C)CN=O.CC. The highest BCUT2D eigenvalue weighted by atomic mass is 16.3. The van der Waals surface area contributed by atoms with Crippen LogP contribution in [0.1, 0.15) is 47.5 Å². The fraction of sp³-hybridized carbons (Fsp3) is 0.647. The van der Waals surface area contributed by atoms with Gasteiger partial charge in [-0.25, -0.2) is 0 Å². The maximum absolute atomic E-state index is 10.2. The van der Waals surface area contributed by atoms with Crippen LogP contribution in [-0.4, -0.2) is 19.6 Å². The van der Waals surface area contributed by atoms with E-state index in [2.05, 4.69) is 44.8 Å². The summed E-state index contributed by atoms with van der Waals surface area (Å²) in [7, 11) is 0. The minimum absolute atomic E-state index is 0.381. The van der Waals surface area contributed by atoms with Gasteiger partial charge in [0, 0.05) is 12.0 Å². The molecule has 0 fully saturated rings. The Morgan fingerprint density at radius 2 is 2.00 bits per heavy atom. The fourth-order valence-corrected chi connectivity index (χ4v) is 1.83. The van der Waals surface area contributed by atoms with Crippen LogP contribution in [-0.2, 0) is 0 Å². The van der Waals surface area contributed by atoms with Gasteiger partial charge in [0.05, 0.1) is 25.8 Å². The Morgan fingerprint density at radius 1 is 1.35 bits per heavy atom. The smallest absolute Gasteiger partial charge is 0.0971 e. The number of nitrogens with zero attached hydrogens (tertiary/aromatic N) is 1. The van der Waals surface area contributed by atoms with Gasteiger partial charge in [-0.2, -0.15) is 4.91 Å². The molecule has 3 heteroatoms. The van der Waals surface area contributed by atoms with Crippen LogP contribution in [0.15, 0.2) is 41.8 Å². The molecule has 0 aromatic rings. The first-order valence-corrected chi connectivity index (χ1v) is 7.75. The van der Waals surface area contributed by atoms with Crippen LogP contribution in [0.2, 0.25) is 0 Å². The van der Waals surface area contributed by atoms with Crippen molar-refractivity contribution in [3.8, 4) is 0 Å². The molecule has 0 aromatic carbocycles. The topological polar surface area (TPSA) is 33.9 Å². The average molecular weight is 281 g/mol. The molecule has 116 valence electrons. The summed E-state index contributed by atoms with van der Waals surface area (Å²) < 4.78 is 0. The van der Waals surface area contributed by atoms with Gasteiger partial charge in [0.1, 0.15) is 0 Å². The van der Waals surface area contributed by atoms with E-state index in [0.29, 0.717) is 12.5 Å². The van der Waals surface area contributed by atoms with E-state index in [0.717, 1.165) is 25.9 Å². The summed E-state index contributed by atoms with van der Waals surface area (Å²) in [6.45, 7) is 16.7. The molecular weight excluding hydrogens is 248 g/mol. The number of rotatable bonds is 10. The van der Waals surface area contributed by atoms with Gasteiger partial charge in [-0.1, -0.05) is 57.7 Å². The zero-order valence-corrected chi connectivity index (χ0v) is 14.0. The van der Waals surface area contributed by atoms with E-state index in [-0.39, 0.29) is 0 Å². The van der Waals surface area contributed by atoms with Crippen LogP contribution in [0, 0.1) is 10.8 Å². The first kappa shape index (κ1) is 21.1. The van der Waals surface area contributed by atoms with E-state index in [1.54, 1.807) is 6.08 Å². The average Bonchev–Trinajstić information content (AvgIpc) is 2.45. The third kappa shape index (κ3) is 13.2. The molecule has 0 aromatic heterocycles. The molecule has 0 heterocycles. The van der Waals surface area contributed by atoms with Gasteiger partial charge in [-0.15, -0.1) is 0 Å². The summed E-state index contributed by atoms with van der Waals surface area (Å²) in [5.74, 6) is 0.381. The molecule has 0 bridgehead atoms. The van der Waals surface area contributed by atoms with Crippen molar-refractivity contribution in [1.29, 1.82) is 0 Å². The van der Waals surface area contributed by atoms with Gasteiger partial charge in [0.15, 0.2) is 0 Å². The van der Waals surface area contributed by atoms with E-state index in [1.807, 2.05) is 19.9 Å². The number of hydrogen-bond acceptors (Lipinski definition) is 2. The van der Waals surface area contributed by atoms with E-state index in [9.17, 15) is 4.91 Å². The zero-order valence-electron chi connectivity index (χ0n) is 14.0. The van der Waals surface area contributed by atoms with Crippen molar-refractivity contribution in [1.82, 2.24) is 0 Å². The van der Waals surface area contributed by atoms with Crippen LogP contribution < -0.4 is 4.90 Å². The maximum atomic E-state index is 10.2. The standard InChI is InChI=1S/C15H26N2O.C2H6/c1-5-7-8-15(4)13-17(10-6-2)11-9-14(3)12-16-18;1-2/h5,7-8,13-14H,1,6,9-12H2,2-4H3;1-2H3/p+1/b8-7-,15-13+;. The number of nitrogens with one attached hydrogen (secondary N) is 1. The third-order valence-electron chi connectivity index (χ3n) is 2.84. The van der Waals surface area contributed by atoms with Gasteiger partial charge < -0.3 is 4.90 Å². The summed E-state index contributed by atoms with van der Waals surface area (Å²) >= 11 is 0. The predicted octanol–water partition coefficient (Wildman–Crippen LogP) is 3.75. The van der Waals surface area contributed by atoms with Crippen molar-refractivity contribution in [2.24, 2.45) is 11.1 Å². The minimum Gasteiger partial charge on any atom is -0.308 e. The Morgan fingerprint density at radius 3 is 2.50 bits per heavy atom. The normalized spacial score (nSPS) is 14.3. The molecular formula is C17H33N2O+. The van der Waals surface area contributed by atoms with E-state index in [1.165, 1.54) is 10.5 Å². The lowest BCUT2D eigenvalue weighted by molar-refractivity contribution is -0.848. The van der Waals surface area contributed by atoms with Crippen molar-refractivity contribution in [2.75, 3.05) is 19.6 Å². The van der Waals surface area contributed by atoms with E-state index < -0.39 is 0 Å². The monoisotopic (exact) mass is 281 g/mol. The molecule has 0 aliphatic heterocycles. The van der Waals surface area contributed by atoms with Gasteiger partial charge in [0.2, 0.25) is 0 Å². The van der Waals surface area contributed by atoms with Crippen molar-refractivity contribution in [2.45, 2.75) is 47.5 Å². The molecule has 20 heavy (non-hydrogen) atoms.